The Morgan fingerprint density at radius 1 is 1.37 bits per heavy atom. The number of fused-ring (bicyclic) bond motifs is 1. The zero-order valence-corrected chi connectivity index (χ0v) is 11.1. The third kappa shape index (κ3) is 1.94. The summed E-state index contributed by atoms with van der Waals surface area (Å²) in [5.74, 6) is 0. The van der Waals surface area contributed by atoms with E-state index in [4.69, 9.17) is 11.0 Å². The lowest BCUT2D eigenvalue weighted by atomic mass is 9.93. The Morgan fingerprint density at radius 3 is 3.00 bits per heavy atom. The van der Waals surface area contributed by atoms with Crippen molar-refractivity contribution in [2.24, 2.45) is 5.73 Å². The van der Waals surface area contributed by atoms with E-state index in [-0.39, 0.29) is 6.04 Å². The van der Waals surface area contributed by atoms with Crippen LogP contribution in [0.25, 0.3) is 5.69 Å². The first-order valence-electron chi connectivity index (χ1n) is 6.68. The van der Waals surface area contributed by atoms with Gasteiger partial charge in [-0.1, -0.05) is 6.07 Å². The van der Waals surface area contributed by atoms with Gasteiger partial charge in [-0.15, -0.1) is 0 Å². The lowest BCUT2D eigenvalue weighted by Gasteiger charge is -2.21. The van der Waals surface area contributed by atoms with Gasteiger partial charge in [0.1, 0.15) is 0 Å². The highest BCUT2D eigenvalue weighted by Crippen LogP contribution is 2.32. The van der Waals surface area contributed by atoms with Gasteiger partial charge in [0.25, 0.3) is 0 Å². The Labute approximate surface area is 113 Å². The summed E-state index contributed by atoms with van der Waals surface area (Å²) in [7, 11) is 0. The molecule has 1 aliphatic carbocycles. The average molecular weight is 251 g/mol. The predicted molar refractivity (Wildman–Crippen MR) is 75.1 cm³/mol. The van der Waals surface area contributed by atoms with Crippen molar-refractivity contribution < 1.29 is 0 Å². The Hall–Kier alpha value is -2.05. The maximum Gasteiger partial charge on any atom is 0.0992 e. The third-order valence-corrected chi connectivity index (χ3v) is 3.88. The fourth-order valence-electron chi connectivity index (χ4n) is 3.01. The topological polar surface area (TPSA) is 54.7 Å². The highest BCUT2D eigenvalue weighted by Gasteiger charge is 2.22. The van der Waals surface area contributed by atoms with Gasteiger partial charge in [-0.25, -0.2) is 0 Å². The summed E-state index contributed by atoms with van der Waals surface area (Å²) in [6.45, 7) is 2.10. The number of nitrogens with zero attached hydrogens (tertiary/aromatic N) is 2. The van der Waals surface area contributed by atoms with Gasteiger partial charge in [0.05, 0.1) is 11.6 Å². The van der Waals surface area contributed by atoms with E-state index >= 15 is 0 Å². The molecule has 2 N–H and O–H groups in total. The first kappa shape index (κ1) is 12.0. The van der Waals surface area contributed by atoms with Crippen molar-refractivity contribution in [2.45, 2.75) is 32.2 Å². The first-order valence-corrected chi connectivity index (χ1v) is 6.68. The molecule has 0 radical (unpaired) electrons. The van der Waals surface area contributed by atoms with Crippen LogP contribution in [0.4, 0.5) is 0 Å². The quantitative estimate of drug-likeness (QED) is 0.847. The molecule has 0 bridgehead atoms. The summed E-state index contributed by atoms with van der Waals surface area (Å²) in [6.07, 6.45) is 3.26. The zero-order valence-electron chi connectivity index (χ0n) is 11.1. The average Bonchev–Trinajstić information content (AvgIpc) is 2.77. The van der Waals surface area contributed by atoms with Crippen LogP contribution in [-0.2, 0) is 6.42 Å². The van der Waals surface area contributed by atoms with E-state index in [2.05, 4.69) is 23.6 Å². The van der Waals surface area contributed by atoms with Gasteiger partial charge < -0.3 is 10.3 Å². The number of rotatable bonds is 1. The fourth-order valence-corrected chi connectivity index (χ4v) is 3.01. The van der Waals surface area contributed by atoms with Crippen LogP contribution in [0.3, 0.4) is 0 Å². The van der Waals surface area contributed by atoms with Crippen LogP contribution in [0.2, 0.25) is 0 Å². The molecular weight excluding hydrogens is 234 g/mol. The van der Waals surface area contributed by atoms with Crippen LogP contribution in [0.15, 0.2) is 30.3 Å². The second kappa shape index (κ2) is 4.56. The van der Waals surface area contributed by atoms with E-state index in [1.54, 1.807) is 0 Å². The molecule has 1 aromatic carbocycles. The molecule has 1 atom stereocenters. The number of nitriles is 1. The van der Waals surface area contributed by atoms with Gasteiger partial charge >= 0.3 is 0 Å². The molecule has 3 nitrogen and oxygen atoms in total. The summed E-state index contributed by atoms with van der Waals surface area (Å²) in [5, 5.41) is 9.03. The van der Waals surface area contributed by atoms with E-state index in [0.29, 0.717) is 5.56 Å². The van der Waals surface area contributed by atoms with Gasteiger partial charge in [-0.2, -0.15) is 5.26 Å². The van der Waals surface area contributed by atoms with Crippen molar-refractivity contribution in [2.75, 3.05) is 0 Å². The predicted octanol–water partition coefficient (Wildman–Crippen LogP) is 2.99. The van der Waals surface area contributed by atoms with Crippen LogP contribution in [0.5, 0.6) is 0 Å². The van der Waals surface area contributed by atoms with Gasteiger partial charge in [0.2, 0.25) is 0 Å². The van der Waals surface area contributed by atoms with Crippen molar-refractivity contribution in [1.82, 2.24) is 4.57 Å². The maximum atomic E-state index is 9.03. The van der Waals surface area contributed by atoms with Crippen LogP contribution >= 0.6 is 0 Å². The minimum atomic E-state index is 0.155. The van der Waals surface area contributed by atoms with E-state index in [9.17, 15) is 0 Å². The van der Waals surface area contributed by atoms with Gasteiger partial charge in [-0.3, -0.25) is 0 Å². The van der Waals surface area contributed by atoms with E-state index in [1.807, 2.05) is 24.3 Å². The molecule has 19 heavy (non-hydrogen) atoms. The third-order valence-electron chi connectivity index (χ3n) is 3.88. The molecular formula is C16H17N3. The molecule has 0 amide bonds. The Kier molecular flexibility index (Phi) is 2.88. The molecule has 0 saturated carbocycles. The number of benzene rings is 1. The standard InChI is InChI=1S/C16H17N3/c1-11-8-14-15(18)6-3-7-16(14)19(11)13-5-2-4-12(9-13)10-17/h2,4-5,8-9,15H,3,6-7,18H2,1H3. The summed E-state index contributed by atoms with van der Waals surface area (Å²) < 4.78 is 2.25. The second-order valence-corrected chi connectivity index (χ2v) is 5.18. The Balaban J connectivity index is 2.18. The summed E-state index contributed by atoms with van der Waals surface area (Å²) >= 11 is 0. The van der Waals surface area contributed by atoms with Crippen LogP contribution in [0, 0.1) is 18.3 Å². The summed E-state index contributed by atoms with van der Waals surface area (Å²) in [5.41, 5.74) is 11.7. The lowest BCUT2D eigenvalue weighted by Crippen LogP contribution is -2.17. The molecule has 1 aliphatic rings. The molecule has 0 fully saturated rings. The van der Waals surface area contributed by atoms with Crippen molar-refractivity contribution in [3.05, 3.63) is 52.8 Å². The molecule has 3 heteroatoms. The van der Waals surface area contributed by atoms with E-state index in [0.717, 1.165) is 24.9 Å². The SMILES string of the molecule is Cc1cc2c(n1-c1cccc(C#N)c1)CCCC2N. The zero-order chi connectivity index (χ0) is 13.4. The highest BCUT2D eigenvalue weighted by atomic mass is 15.0. The Bertz CT molecular complexity index is 661. The van der Waals surface area contributed by atoms with Crippen LogP contribution in [-0.4, -0.2) is 4.57 Å². The normalized spacial score (nSPS) is 17.8. The van der Waals surface area contributed by atoms with Crippen molar-refractivity contribution in [1.29, 1.82) is 5.26 Å². The molecule has 1 aromatic heterocycles. The second-order valence-electron chi connectivity index (χ2n) is 5.18. The number of aromatic nitrogens is 1. The van der Waals surface area contributed by atoms with Crippen LogP contribution in [0.1, 0.15) is 41.4 Å². The molecule has 0 saturated heterocycles. The maximum absolute atomic E-state index is 9.03. The van der Waals surface area contributed by atoms with Crippen LogP contribution < -0.4 is 5.73 Å². The number of aryl methyl sites for hydroxylation is 1. The molecule has 96 valence electrons. The van der Waals surface area contributed by atoms with E-state index in [1.165, 1.54) is 17.0 Å². The van der Waals surface area contributed by atoms with Gasteiger partial charge in [0.15, 0.2) is 0 Å². The fraction of sp³-hybridized carbons (Fsp3) is 0.312. The number of nitrogens with two attached hydrogens (primary N) is 1. The smallest absolute Gasteiger partial charge is 0.0992 e. The summed E-state index contributed by atoms with van der Waals surface area (Å²) in [6, 6.07) is 12.3. The minimum absolute atomic E-state index is 0.155. The van der Waals surface area contributed by atoms with E-state index < -0.39 is 0 Å². The summed E-state index contributed by atoms with van der Waals surface area (Å²) in [4.78, 5) is 0. The van der Waals surface area contributed by atoms with Crippen molar-refractivity contribution >= 4 is 0 Å². The molecule has 2 aromatic rings. The van der Waals surface area contributed by atoms with Gasteiger partial charge in [-0.05, 0) is 56.0 Å². The highest BCUT2D eigenvalue weighted by molar-refractivity contribution is 5.47. The minimum Gasteiger partial charge on any atom is -0.324 e. The van der Waals surface area contributed by atoms with Crippen molar-refractivity contribution in [3.63, 3.8) is 0 Å². The number of hydrogen-bond acceptors (Lipinski definition) is 2. The monoisotopic (exact) mass is 251 g/mol. The molecule has 1 unspecified atom stereocenters. The van der Waals surface area contributed by atoms with Gasteiger partial charge in [0, 0.05) is 23.1 Å². The molecule has 1 heterocycles. The van der Waals surface area contributed by atoms with Crippen molar-refractivity contribution in [3.8, 4) is 11.8 Å². The molecule has 3 rings (SSSR count). The lowest BCUT2D eigenvalue weighted by molar-refractivity contribution is 0.560. The molecule has 0 spiro atoms. The largest absolute Gasteiger partial charge is 0.324 e. The Morgan fingerprint density at radius 2 is 2.21 bits per heavy atom. The molecule has 0 aliphatic heterocycles. The number of hydrogen-bond donors (Lipinski definition) is 1. The first-order chi connectivity index (χ1) is 9.20.